The van der Waals surface area contributed by atoms with Crippen LogP contribution in [0.3, 0.4) is 0 Å². The number of likely N-dealkylation sites (N-methyl/N-ethyl adjacent to an activating group) is 1. The second kappa shape index (κ2) is 7.62. The third-order valence-electron chi connectivity index (χ3n) is 3.52. The minimum atomic E-state index is 0.510. The van der Waals surface area contributed by atoms with Crippen molar-refractivity contribution in [1.29, 1.82) is 0 Å². The Morgan fingerprint density at radius 3 is 3.00 bits per heavy atom. The molecular weight excluding hydrogens is 268 g/mol. The maximum atomic E-state index is 5.64. The Labute approximate surface area is 125 Å². The quantitative estimate of drug-likeness (QED) is 0.807. The normalized spacial score (nSPS) is 13.0. The van der Waals surface area contributed by atoms with Crippen molar-refractivity contribution in [2.45, 2.75) is 39.4 Å². The van der Waals surface area contributed by atoms with Crippen LogP contribution in [-0.2, 0) is 19.5 Å². The third kappa shape index (κ3) is 4.47. The van der Waals surface area contributed by atoms with E-state index in [4.69, 9.17) is 4.42 Å². The first kappa shape index (κ1) is 15.3. The zero-order valence-corrected chi connectivity index (χ0v) is 13.4. The molecule has 1 N–H and O–H groups in total. The Kier molecular flexibility index (Phi) is 5.83. The van der Waals surface area contributed by atoms with Gasteiger partial charge in [0.2, 0.25) is 0 Å². The Balaban J connectivity index is 1.83. The first-order chi connectivity index (χ1) is 9.69. The van der Waals surface area contributed by atoms with E-state index in [2.05, 4.69) is 54.7 Å². The smallest absolute Gasteiger partial charge is 0.118 e. The van der Waals surface area contributed by atoms with Crippen LogP contribution in [0.25, 0.3) is 0 Å². The van der Waals surface area contributed by atoms with Crippen LogP contribution in [0, 0.1) is 0 Å². The monoisotopic (exact) mass is 292 g/mol. The molecule has 2 heterocycles. The molecule has 0 saturated carbocycles. The summed E-state index contributed by atoms with van der Waals surface area (Å²) in [6, 6.07) is 6.98. The molecular formula is C16H24N2OS. The topological polar surface area (TPSA) is 28.4 Å². The highest BCUT2D eigenvalue weighted by atomic mass is 32.1. The highest BCUT2D eigenvalue weighted by Crippen LogP contribution is 2.16. The van der Waals surface area contributed by atoms with Crippen molar-refractivity contribution in [3.63, 3.8) is 0 Å². The molecule has 0 fully saturated rings. The molecule has 110 valence electrons. The predicted octanol–water partition coefficient (Wildman–Crippen LogP) is 3.51. The van der Waals surface area contributed by atoms with Gasteiger partial charge in [-0.05, 0) is 44.4 Å². The van der Waals surface area contributed by atoms with Crippen molar-refractivity contribution < 1.29 is 4.42 Å². The van der Waals surface area contributed by atoms with Crippen LogP contribution >= 0.6 is 11.3 Å². The van der Waals surface area contributed by atoms with E-state index in [1.807, 2.05) is 17.6 Å². The molecule has 0 aliphatic carbocycles. The molecule has 0 aliphatic heterocycles. The molecule has 2 rings (SSSR count). The van der Waals surface area contributed by atoms with Crippen molar-refractivity contribution >= 4 is 11.3 Å². The summed E-state index contributed by atoms with van der Waals surface area (Å²) in [5.74, 6) is 1.04. The summed E-state index contributed by atoms with van der Waals surface area (Å²) < 4.78 is 5.64. The summed E-state index contributed by atoms with van der Waals surface area (Å²) in [7, 11) is 2.16. The van der Waals surface area contributed by atoms with Gasteiger partial charge >= 0.3 is 0 Å². The van der Waals surface area contributed by atoms with Crippen LogP contribution in [0.15, 0.2) is 34.3 Å². The first-order valence-electron chi connectivity index (χ1n) is 7.18. The number of hydrogen-bond donors (Lipinski definition) is 1. The van der Waals surface area contributed by atoms with Gasteiger partial charge in [-0.15, -0.1) is 11.3 Å². The molecule has 0 amide bonds. The number of hydrogen-bond acceptors (Lipinski definition) is 4. The SMILES string of the molecule is CCNCc1coc(CN(C)C(C)Cc2cccs2)c1. The van der Waals surface area contributed by atoms with Gasteiger partial charge in [0.15, 0.2) is 0 Å². The third-order valence-corrected chi connectivity index (χ3v) is 4.42. The minimum absolute atomic E-state index is 0.510. The Hall–Kier alpha value is -1.10. The number of nitrogens with zero attached hydrogens (tertiary/aromatic N) is 1. The van der Waals surface area contributed by atoms with E-state index in [0.29, 0.717) is 6.04 Å². The lowest BCUT2D eigenvalue weighted by Gasteiger charge is -2.23. The fourth-order valence-corrected chi connectivity index (χ4v) is 2.97. The van der Waals surface area contributed by atoms with Gasteiger partial charge in [-0.25, -0.2) is 0 Å². The Morgan fingerprint density at radius 2 is 2.30 bits per heavy atom. The van der Waals surface area contributed by atoms with Gasteiger partial charge in [0.1, 0.15) is 5.76 Å². The average molecular weight is 292 g/mol. The maximum Gasteiger partial charge on any atom is 0.118 e. The fourth-order valence-electron chi connectivity index (χ4n) is 2.15. The van der Waals surface area contributed by atoms with Crippen LogP contribution in [0.4, 0.5) is 0 Å². The summed E-state index contributed by atoms with van der Waals surface area (Å²) in [5.41, 5.74) is 1.22. The number of nitrogens with one attached hydrogen (secondary N) is 1. The predicted molar refractivity (Wildman–Crippen MR) is 85.0 cm³/mol. The second-order valence-corrected chi connectivity index (χ2v) is 6.28. The van der Waals surface area contributed by atoms with E-state index in [0.717, 1.165) is 31.8 Å². The molecule has 0 radical (unpaired) electrons. The van der Waals surface area contributed by atoms with Gasteiger partial charge in [-0.3, -0.25) is 4.90 Å². The Bertz CT molecular complexity index is 492. The molecule has 0 aromatic carbocycles. The summed E-state index contributed by atoms with van der Waals surface area (Å²) in [6.45, 7) is 7.11. The van der Waals surface area contributed by atoms with Crippen molar-refractivity contribution in [3.8, 4) is 0 Å². The fraction of sp³-hybridized carbons (Fsp3) is 0.500. The van der Waals surface area contributed by atoms with Crippen molar-refractivity contribution in [1.82, 2.24) is 10.2 Å². The molecule has 2 aromatic rings. The van der Waals surface area contributed by atoms with Gasteiger partial charge in [-0.1, -0.05) is 13.0 Å². The zero-order valence-electron chi connectivity index (χ0n) is 12.6. The van der Waals surface area contributed by atoms with Crippen molar-refractivity contribution in [3.05, 3.63) is 46.0 Å². The highest BCUT2D eigenvalue weighted by Gasteiger charge is 2.13. The van der Waals surface area contributed by atoms with E-state index in [1.54, 1.807) is 0 Å². The average Bonchev–Trinajstić information content (AvgIpc) is 3.08. The van der Waals surface area contributed by atoms with E-state index in [9.17, 15) is 0 Å². The zero-order chi connectivity index (χ0) is 14.4. The minimum Gasteiger partial charge on any atom is -0.468 e. The number of furan rings is 1. The summed E-state index contributed by atoms with van der Waals surface area (Å²) in [5, 5.41) is 5.45. The molecule has 3 nitrogen and oxygen atoms in total. The van der Waals surface area contributed by atoms with Gasteiger partial charge < -0.3 is 9.73 Å². The molecule has 20 heavy (non-hydrogen) atoms. The van der Waals surface area contributed by atoms with Gasteiger partial charge in [0, 0.05) is 23.0 Å². The summed E-state index contributed by atoms with van der Waals surface area (Å²) in [6.07, 6.45) is 2.95. The number of thiophene rings is 1. The van der Waals surface area contributed by atoms with E-state index in [-0.39, 0.29) is 0 Å². The lowest BCUT2D eigenvalue weighted by Crippen LogP contribution is -2.30. The lowest BCUT2D eigenvalue weighted by molar-refractivity contribution is 0.229. The van der Waals surface area contributed by atoms with Gasteiger partial charge in [0.05, 0.1) is 12.8 Å². The molecule has 1 unspecified atom stereocenters. The van der Waals surface area contributed by atoms with Crippen LogP contribution in [0.2, 0.25) is 0 Å². The first-order valence-corrected chi connectivity index (χ1v) is 8.06. The Morgan fingerprint density at radius 1 is 1.45 bits per heavy atom. The second-order valence-electron chi connectivity index (χ2n) is 5.25. The molecule has 0 bridgehead atoms. The highest BCUT2D eigenvalue weighted by molar-refractivity contribution is 7.09. The number of rotatable bonds is 8. The standard InChI is InChI=1S/C16H24N2OS/c1-4-17-10-14-9-15(19-12-14)11-18(3)13(2)8-16-6-5-7-20-16/h5-7,9,12-13,17H,4,8,10-11H2,1-3H3. The molecule has 0 spiro atoms. The lowest BCUT2D eigenvalue weighted by atomic mass is 10.2. The maximum absolute atomic E-state index is 5.64. The van der Waals surface area contributed by atoms with Crippen molar-refractivity contribution in [2.24, 2.45) is 0 Å². The van der Waals surface area contributed by atoms with Crippen LogP contribution < -0.4 is 5.32 Å². The molecule has 4 heteroatoms. The molecule has 0 aliphatic rings. The molecule has 1 atom stereocenters. The summed E-state index contributed by atoms with van der Waals surface area (Å²) in [4.78, 5) is 3.78. The van der Waals surface area contributed by atoms with Crippen LogP contribution in [-0.4, -0.2) is 24.5 Å². The van der Waals surface area contributed by atoms with Crippen LogP contribution in [0.1, 0.15) is 30.0 Å². The van der Waals surface area contributed by atoms with E-state index >= 15 is 0 Å². The van der Waals surface area contributed by atoms with Crippen LogP contribution in [0.5, 0.6) is 0 Å². The van der Waals surface area contributed by atoms with Gasteiger partial charge in [-0.2, -0.15) is 0 Å². The van der Waals surface area contributed by atoms with E-state index in [1.165, 1.54) is 10.4 Å². The largest absolute Gasteiger partial charge is 0.468 e. The molecule has 2 aromatic heterocycles. The summed E-state index contributed by atoms with van der Waals surface area (Å²) >= 11 is 1.83. The molecule has 0 saturated heterocycles. The van der Waals surface area contributed by atoms with Gasteiger partial charge in [0.25, 0.3) is 0 Å². The van der Waals surface area contributed by atoms with E-state index < -0.39 is 0 Å². The van der Waals surface area contributed by atoms with Crippen molar-refractivity contribution in [2.75, 3.05) is 13.6 Å².